The smallest absolute Gasteiger partial charge is 0.230 e. The molecule has 0 bridgehead atoms. The van der Waals surface area contributed by atoms with Crippen molar-refractivity contribution in [3.63, 3.8) is 0 Å². The number of carbonyl (C=O) groups is 1. The van der Waals surface area contributed by atoms with Crippen molar-refractivity contribution in [3.05, 3.63) is 36.2 Å². The average molecular weight is 307 g/mol. The molecule has 0 atom stereocenters. The predicted molar refractivity (Wildman–Crippen MR) is 80.6 cm³/mol. The van der Waals surface area contributed by atoms with E-state index in [1.807, 2.05) is 30.3 Å². The number of nitrogens with zero attached hydrogens (tertiary/aromatic N) is 3. The van der Waals surface area contributed by atoms with E-state index >= 15 is 0 Å². The molecule has 0 aliphatic rings. The quantitative estimate of drug-likeness (QED) is 0.441. The second kappa shape index (κ2) is 7.53. The Balaban J connectivity index is 1.63. The van der Waals surface area contributed by atoms with E-state index in [-0.39, 0.29) is 11.7 Å². The zero-order chi connectivity index (χ0) is 15.1. The lowest BCUT2D eigenvalue weighted by Gasteiger charge is -2.07. The number of benzene rings is 1. The van der Waals surface area contributed by atoms with Gasteiger partial charge in [-0.15, -0.1) is 10.2 Å². The van der Waals surface area contributed by atoms with Gasteiger partial charge in [0.15, 0.2) is 0 Å². The van der Waals surface area contributed by atoms with Crippen LogP contribution in [0.25, 0.3) is 0 Å². The zero-order valence-corrected chi connectivity index (χ0v) is 12.5. The number of nitrogens with two attached hydrogens (primary N) is 1. The van der Waals surface area contributed by atoms with Gasteiger partial charge < -0.3 is 15.9 Å². The average Bonchev–Trinajstić information content (AvgIpc) is 2.82. The Morgan fingerprint density at radius 2 is 2.14 bits per heavy atom. The lowest BCUT2D eigenvalue weighted by atomic mass is 10.3. The summed E-state index contributed by atoms with van der Waals surface area (Å²) in [5.41, 5.74) is 0. The Labute approximate surface area is 126 Å². The van der Waals surface area contributed by atoms with Crippen molar-refractivity contribution in [2.75, 3.05) is 24.7 Å². The second-order valence-electron chi connectivity index (χ2n) is 4.20. The molecule has 0 aliphatic carbocycles. The Bertz CT molecular complexity index is 588. The molecule has 0 saturated heterocycles. The molecule has 2 rings (SSSR count). The Hall–Kier alpha value is -2.22. The zero-order valence-electron chi connectivity index (χ0n) is 11.7. The molecule has 8 heteroatoms. The normalized spacial score (nSPS) is 10.3. The summed E-state index contributed by atoms with van der Waals surface area (Å²) in [6.07, 6.45) is 0. The molecule has 0 aliphatic heterocycles. The number of amides is 1. The van der Waals surface area contributed by atoms with Gasteiger partial charge >= 0.3 is 0 Å². The van der Waals surface area contributed by atoms with Crippen LogP contribution >= 0.6 is 11.8 Å². The fourth-order valence-electron chi connectivity index (χ4n) is 1.51. The minimum absolute atomic E-state index is 0.0997. The molecule has 1 aromatic carbocycles. The summed E-state index contributed by atoms with van der Waals surface area (Å²) in [6.45, 7) is 2.62. The second-order valence-corrected chi connectivity index (χ2v) is 5.14. The van der Waals surface area contributed by atoms with E-state index in [9.17, 15) is 4.79 Å². The molecule has 112 valence electrons. The third-order valence-electron chi connectivity index (χ3n) is 2.60. The summed E-state index contributed by atoms with van der Waals surface area (Å²) >= 11 is 1.24. The first kappa shape index (κ1) is 15.2. The van der Waals surface area contributed by atoms with Gasteiger partial charge in [-0.05, 0) is 19.1 Å². The van der Waals surface area contributed by atoms with Crippen LogP contribution in [0.4, 0.5) is 0 Å². The number of hydrogen-bond acceptors (Lipinski definition) is 6. The van der Waals surface area contributed by atoms with Crippen LogP contribution in [0.2, 0.25) is 0 Å². The van der Waals surface area contributed by atoms with E-state index in [4.69, 9.17) is 10.6 Å². The van der Waals surface area contributed by atoms with Gasteiger partial charge in [-0.25, -0.2) is 4.68 Å². The maximum atomic E-state index is 11.7. The van der Waals surface area contributed by atoms with Gasteiger partial charge in [0.2, 0.25) is 11.1 Å². The molecule has 0 fully saturated rings. The number of aromatic nitrogens is 3. The molecule has 1 aromatic heterocycles. The molecule has 21 heavy (non-hydrogen) atoms. The van der Waals surface area contributed by atoms with Crippen LogP contribution in [0.3, 0.4) is 0 Å². The third kappa shape index (κ3) is 4.67. The SMILES string of the molecule is Cc1nnc(SCC(=O)NCCOc2ccccc2)n1N. The number of carbonyl (C=O) groups excluding carboxylic acids is 1. The van der Waals surface area contributed by atoms with Crippen molar-refractivity contribution in [3.8, 4) is 5.75 Å². The molecule has 0 radical (unpaired) electrons. The highest BCUT2D eigenvalue weighted by Crippen LogP contribution is 2.13. The molecule has 0 saturated carbocycles. The fraction of sp³-hybridized carbons (Fsp3) is 0.308. The lowest BCUT2D eigenvalue weighted by Crippen LogP contribution is -2.29. The summed E-state index contributed by atoms with van der Waals surface area (Å²) in [5.74, 6) is 7.22. The van der Waals surface area contributed by atoms with E-state index in [0.717, 1.165) is 5.75 Å². The Morgan fingerprint density at radius 3 is 2.81 bits per heavy atom. The number of hydrogen-bond donors (Lipinski definition) is 2. The van der Waals surface area contributed by atoms with Crippen LogP contribution in [0.5, 0.6) is 5.75 Å². The summed E-state index contributed by atoms with van der Waals surface area (Å²) in [7, 11) is 0. The van der Waals surface area contributed by atoms with Crippen LogP contribution in [-0.2, 0) is 4.79 Å². The highest BCUT2D eigenvalue weighted by atomic mass is 32.2. The summed E-state index contributed by atoms with van der Waals surface area (Å²) in [6, 6.07) is 9.46. The van der Waals surface area contributed by atoms with Crippen LogP contribution in [0.1, 0.15) is 5.82 Å². The third-order valence-corrected chi connectivity index (χ3v) is 3.55. The highest BCUT2D eigenvalue weighted by molar-refractivity contribution is 7.99. The van der Waals surface area contributed by atoms with Gasteiger partial charge in [0.25, 0.3) is 0 Å². The fourth-order valence-corrected chi connectivity index (χ4v) is 2.24. The monoisotopic (exact) mass is 307 g/mol. The number of aryl methyl sites for hydroxylation is 1. The maximum absolute atomic E-state index is 11.7. The van der Waals surface area contributed by atoms with Gasteiger partial charge in [-0.1, -0.05) is 30.0 Å². The van der Waals surface area contributed by atoms with Crippen molar-refractivity contribution in [1.29, 1.82) is 0 Å². The van der Waals surface area contributed by atoms with Crippen molar-refractivity contribution in [2.24, 2.45) is 0 Å². The number of para-hydroxylation sites is 1. The van der Waals surface area contributed by atoms with Crippen LogP contribution in [-0.4, -0.2) is 39.7 Å². The van der Waals surface area contributed by atoms with Gasteiger partial charge in [0, 0.05) is 0 Å². The van der Waals surface area contributed by atoms with Crippen molar-refractivity contribution in [1.82, 2.24) is 20.2 Å². The van der Waals surface area contributed by atoms with Crippen molar-refractivity contribution < 1.29 is 9.53 Å². The summed E-state index contributed by atoms with van der Waals surface area (Å²) < 4.78 is 6.83. The first-order chi connectivity index (χ1) is 10.2. The summed E-state index contributed by atoms with van der Waals surface area (Å²) in [4.78, 5) is 11.7. The Kier molecular flexibility index (Phi) is 5.44. The van der Waals surface area contributed by atoms with Gasteiger partial charge in [0.05, 0.1) is 12.3 Å². The van der Waals surface area contributed by atoms with Crippen LogP contribution < -0.4 is 15.9 Å². The molecule has 0 spiro atoms. The number of nitrogens with one attached hydrogen (secondary N) is 1. The van der Waals surface area contributed by atoms with Crippen LogP contribution in [0.15, 0.2) is 35.5 Å². The molecule has 1 heterocycles. The van der Waals surface area contributed by atoms with Crippen LogP contribution in [0, 0.1) is 6.92 Å². The molecule has 1 amide bonds. The Morgan fingerprint density at radius 1 is 1.38 bits per heavy atom. The van der Waals surface area contributed by atoms with Crippen molar-refractivity contribution in [2.45, 2.75) is 12.1 Å². The van der Waals surface area contributed by atoms with E-state index in [2.05, 4.69) is 15.5 Å². The van der Waals surface area contributed by atoms with E-state index in [1.165, 1.54) is 16.4 Å². The summed E-state index contributed by atoms with van der Waals surface area (Å²) in [5, 5.41) is 11.0. The number of thioether (sulfide) groups is 1. The predicted octanol–water partition coefficient (Wildman–Crippen LogP) is 0.588. The standard InChI is InChI=1S/C13H17N5O2S/c1-10-16-17-13(18(10)14)21-9-12(19)15-7-8-20-11-5-3-2-4-6-11/h2-6H,7-9,14H2,1H3,(H,15,19). The van der Waals surface area contributed by atoms with Crippen molar-refractivity contribution >= 4 is 17.7 Å². The number of rotatable bonds is 7. The van der Waals surface area contributed by atoms with E-state index < -0.39 is 0 Å². The minimum Gasteiger partial charge on any atom is -0.492 e. The highest BCUT2D eigenvalue weighted by Gasteiger charge is 2.09. The van der Waals surface area contributed by atoms with Gasteiger partial charge in [-0.2, -0.15) is 0 Å². The van der Waals surface area contributed by atoms with E-state index in [0.29, 0.717) is 24.1 Å². The van der Waals surface area contributed by atoms with Gasteiger partial charge in [0.1, 0.15) is 18.2 Å². The number of ether oxygens (including phenoxy) is 1. The minimum atomic E-state index is -0.0997. The molecule has 7 nitrogen and oxygen atoms in total. The first-order valence-electron chi connectivity index (χ1n) is 6.41. The largest absolute Gasteiger partial charge is 0.492 e. The molecule has 3 N–H and O–H groups in total. The topological polar surface area (TPSA) is 95.1 Å². The molecular weight excluding hydrogens is 290 g/mol. The van der Waals surface area contributed by atoms with E-state index in [1.54, 1.807) is 6.92 Å². The number of nitrogen functional groups attached to an aromatic ring is 1. The first-order valence-corrected chi connectivity index (χ1v) is 7.40. The van der Waals surface area contributed by atoms with Gasteiger partial charge in [-0.3, -0.25) is 4.79 Å². The molecular formula is C13H17N5O2S. The maximum Gasteiger partial charge on any atom is 0.230 e. The molecule has 0 unspecified atom stereocenters. The lowest BCUT2D eigenvalue weighted by molar-refractivity contribution is -0.118. The molecule has 2 aromatic rings.